The zero-order valence-corrected chi connectivity index (χ0v) is 12.3. The molecule has 2 fully saturated rings. The van der Waals surface area contributed by atoms with Gasteiger partial charge in [0.25, 0.3) is 5.91 Å². The highest BCUT2D eigenvalue weighted by Crippen LogP contribution is 2.32. The Kier molecular flexibility index (Phi) is 3.45. The molecule has 3 N–H and O–H groups in total. The van der Waals surface area contributed by atoms with Crippen molar-refractivity contribution in [2.24, 2.45) is 0 Å². The summed E-state index contributed by atoms with van der Waals surface area (Å²) in [4.78, 5) is 27.6. The van der Waals surface area contributed by atoms with E-state index < -0.39 is 11.6 Å². The molecule has 1 spiro atoms. The van der Waals surface area contributed by atoms with E-state index in [4.69, 9.17) is 5.26 Å². The van der Waals surface area contributed by atoms with E-state index in [-0.39, 0.29) is 11.9 Å². The molecule has 1 saturated carbocycles. The van der Waals surface area contributed by atoms with Gasteiger partial charge in [0.2, 0.25) is 0 Å². The number of hydrogen-bond donors (Lipinski definition) is 3. The molecule has 0 aromatic carbocycles. The molecule has 0 atom stereocenters. The van der Waals surface area contributed by atoms with E-state index in [2.05, 4.69) is 27.0 Å². The normalized spacial score (nSPS) is 27.2. The van der Waals surface area contributed by atoms with Crippen molar-refractivity contribution in [3.63, 3.8) is 0 Å². The molecule has 0 unspecified atom stereocenters. The second kappa shape index (κ2) is 5.30. The molecule has 2 heterocycles. The number of nitriles is 1. The third-order valence-electron chi connectivity index (χ3n) is 4.41. The average molecular weight is 299 g/mol. The Morgan fingerprint density at radius 1 is 1.36 bits per heavy atom. The minimum absolute atomic E-state index is 0.204. The van der Waals surface area contributed by atoms with Gasteiger partial charge in [0, 0.05) is 6.04 Å². The lowest BCUT2D eigenvalue weighted by Gasteiger charge is -2.35. The van der Waals surface area contributed by atoms with Crippen molar-refractivity contribution in [3.8, 4) is 6.07 Å². The Morgan fingerprint density at radius 2 is 2.09 bits per heavy atom. The topological polar surface area (TPSA) is 107 Å². The first-order valence-corrected chi connectivity index (χ1v) is 7.30. The molecule has 114 valence electrons. The van der Waals surface area contributed by atoms with E-state index in [0.717, 1.165) is 18.7 Å². The minimum atomic E-state index is -0.733. The molecule has 1 aliphatic carbocycles. The maximum Gasteiger partial charge on any atom is 0.322 e. The van der Waals surface area contributed by atoms with Gasteiger partial charge in [-0.1, -0.05) is 0 Å². The predicted molar refractivity (Wildman–Crippen MR) is 79.0 cm³/mol. The lowest BCUT2D eigenvalue weighted by atomic mass is 9.79. The summed E-state index contributed by atoms with van der Waals surface area (Å²) in [6, 6.07) is 5.44. The number of anilines is 1. The van der Waals surface area contributed by atoms with Crippen molar-refractivity contribution < 1.29 is 9.59 Å². The minimum Gasteiger partial charge on any atom is -0.367 e. The first kappa shape index (κ1) is 14.3. The molecule has 0 radical (unpaired) electrons. The number of amides is 3. The molecule has 3 amide bonds. The van der Waals surface area contributed by atoms with Gasteiger partial charge in [-0.2, -0.15) is 5.26 Å². The Bertz CT molecular complexity index is 671. The number of nitrogens with one attached hydrogen (secondary N) is 3. The summed E-state index contributed by atoms with van der Waals surface area (Å²) in [5, 5.41) is 17.3. The van der Waals surface area contributed by atoms with Gasteiger partial charge in [0.15, 0.2) is 0 Å². The smallest absolute Gasteiger partial charge is 0.322 e. The summed E-state index contributed by atoms with van der Waals surface area (Å²) in [6.45, 7) is 1.80. The maximum atomic E-state index is 11.9. The van der Waals surface area contributed by atoms with E-state index in [1.807, 2.05) is 0 Å². The van der Waals surface area contributed by atoms with E-state index >= 15 is 0 Å². The molecule has 1 saturated heterocycles. The number of nitrogens with zero attached hydrogens (tertiary/aromatic N) is 2. The van der Waals surface area contributed by atoms with Crippen LogP contribution in [-0.4, -0.2) is 28.5 Å². The van der Waals surface area contributed by atoms with Gasteiger partial charge in [-0.3, -0.25) is 10.1 Å². The zero-order chi connectivity index (χ0) is 15.7. The molecule has 0 bridgehead atoms. The largest absolute Gasteiger partial charge is 0.367 e. The fourth-order valence-electron chi connectivity index (χ4n) is 3.10. The number of imide groups is 1. The molecule has 2 aliphatic rings. The number of carbonyl (C=O) groups is 2. The van der Waals surface area contributed by atoms with Gasteiger partial charge in [0.1, 0.15) is 17.4 Å². The fraction of sp³-hybridized carbons (Fsp3) is 0.467. The molecule has 1 aliphatic heterocycles. The summed E-state index contributed by atoms with van der Waals surface area (Å²) in [5.41, 5.74) is 0.532. The fourth-order valence-corrected chi connectivity index (χ4v) is 3.10. The lowest BCUT2D eigenvalue weighted by molar-refractivity contribution is -0.125. The number of hydrogen-bond acceptors (Lipinski definition) is 5. The highest BCUT2D eigenvalue weighted by Gasteiger charge is 2.48. The van der Waals surface area contributed by atoms with E-state index in [9.17, 15) is 9.59 Å². The van der Waals surface area contributed by atoms with Crippen LogP contribution in [0.2, 0.25) is 0 Å². The summed E-state index contributed by atoms with van der Waals surface area (Å²) in [5.74, 6) is 0.514. The lowest BCUT2D eigenvalue weighted by Crippen LogP contribution is -2.51. The van der Waals surface area contributed by atoms with Crippen LogP contribution in [0.15, 0.2) is 12.1 Å². The molecule has 7 heteroatoms. The van der Waals surface area contributed by atoms with Crippen LogP contribution in [0.25, 0.3) is 0 Å². The summed E-state index contributed by atoms with van der Waals surface area (Å²) in [7, 11) is 0. The van der Waals surface area contributed by atoms with Crippen LogP contribution in [-0.2, 0) is 4.79 Å². The summed E-state index contributed by atoms with van der Waals surface area (Å²) in [6.07, 6.45) is 2.76. The average Bonchev–Trinajstić information content (AvgIpc) is 2.76. The third-order valence-corrected chi connectivity index (χ3v) is 4.41. The summed E-state index contributed by atoms with van der Waals surface area (Å²) >= 11 is 0. The van der Waals surface area contributed by atoms with Crippen LogP contribution in [0.5, 0.6) is 0 Å². The Labute approximate surface area is 128 Å². The number of aryl methyl sites for hydroxylation is 1. The van der Waals surface area contributed by atoms with Gasteiger partial charge >= 0.3 is 6.03 Å². The van der Waals surface area contributed by atoms with Crippen molar-refractivity contribution in [1.29, 1.82) is 5.26 Å². The predicted octanol–water partition coefficient (Wildman–Crippen LogP) is 1.19. The molecule has 22 heavy (non-hydrogen) atoms. The second-order valence-electron chi connectivity index (χ2n) is 5.85. The maximum absolute atomic E-state index is 11.9. The van der Waals surface area contributed by atoms with Crippen LogP contribution in [0, 0.1) is 18.3 Å². The first-order chi connectivity index (χ1) is 10.5. The van der Waals surface area contributed by atoms with Crippen LogP contribution in [0.4, 0.5) is 10.6 Å². The molecule has 1 aromatic rings. The van der Waals surface area contributed by atoms with Crippen LogP contribution in [0.1, 0.15) is 36.9 Å². The Hall–Kier alpha value is -2.62. The third kappa shape index (κ3) is 2.48. The number of carbonyl (C=O) groups excluding carboxylic acids is 2. The molecule has 3 rings (SSSR count). The monoisotopic (exact) mass is 299 g/mol. The highest BCUT2D eigenvalue weighted by atomic mass is 16.2. The van der Waals surface area contributed by atoms with E-state index in [0.29, 0.717) is 24.1 Å². The van der Waals surface area contributed by atoms with E-state index in [1.165, 1.54) is 0 Å². The van der Waals surface area contributed by atoms with Gasteiger partial charge in [-0.15, -0.1) is 0 Å². The van der Waals surface area contributed by atoms with Gasteiger partial charge in [-0.05, 0) is 44.7 Å². The van der Waals surface area contributed by atoms with Gasteiger partial charge in [-0.25, -0.2) is 9.78 Å². The number of urea groups is 1. The van der Waals surface area contributed by atoms with Crippen LogP contribution in [0.3, 0.4) is 0 Å². The SMILES string of the molecule is Cc1nc(NC2CCC3(CC2)NC(=O)NC3=O)ccc1C#N. The van der Waals surface area contributed by atoms with Gasteiger partial charge < -0.3 is 10.6 Å². The number of aromatic nitrogens is 1. The van der Waals surface area contributed by atoms with Gasteiger partial charge in [0.05, 0.1) is 11.3 Å². The molecular weight excluding hydrogens is 282 g/mol. The second-order valence-corrected chi connectivity index (χ2v) is 5.85. The Morgan fingerprint density at radius 3 is 2.64 bits per heavy atom. The van der Waals surface area contributed by atoms with E-state index in [1.54, 1.807) is 19.1 Å². The number of pyridine rings is 1. The molecule has 7 nitrogen and oxygen atoms in total. The molecular formula is C15H17N5O2. The van der Waals surface area contributed by atoms with Crippen LogP contribution >= 0.6 is 0 Å². The van der Waals surface area contributed by atoms with Crippen LogP contribution < -0.4 is 16.0 Å². The number of rotatable bonds is 2. The van der Waals surface area contributed by atoms with Crippen molar-refractivity contribution in [1.82, 2.24) is 15.6 Å². The van der Waals surface area contributed by atoms with Crippen molar-refractivity contribution >= 4 is 17.8 Å². The standard InChI is InChI=1S/C15H17N5O2/c1-9-10(8-16)2-3-12(17-9)18-11-4-6-15(7-5-11)13(21)19-14(22)20-15/h2-3,11H,4-7H2,1H3,(H,17,18)(H2,19,20,21,22). The van der Waals surface area contributed by atoms with Crippen molar-refractivity contribution in [3.05, 3.63) is 23.4 Å². The summed E-state index contributed by atoms with van der Waals surface area (Å²) < 4.78 is 0. The zero-order valence-electron chi connectivity index (χ0n) is 12.3. The highest BCUT2D eigenvalue weighted by molar-refractivity contribution is 6.07. The van der Waals surface area contributed by atoms with Crippen molar-refractivity contribution in [2.75, 3.05) is 5.32 Å². The van der Waals surface area contributed by atoms with Crippen molar-refractivity contribution in [2.45, 2.75) is 44.2 Å². The quantitative estimate of drug-likeness (QED) is 0.711. The molecule has 1 aromatic heterocycles. The first-order valence-electron chi connectivity index (χ1n) is 7.30. The Balaban J connectivity index is 1.63.